The number of nitro benzene ring substituents is 1. The lowest BCUT2D eigenvalue weighted by atomic mass is 10.2. The monoisotopic (exact) mass is 290 g/mol. The Morgan fingerprint density at radius 2 is 2.05 bits per heavy atom. The van der Waals surface area contributed by atoms with Crippen LogP contribution in [0.15, 0.2) is 41.3 Å². The zero-order valence-corrected chi connectivity index (χ0v) is 10.8. The van der Waals surface area contributed by atoms with Gasteiger partial charge < -0.3 is 9.84 Å². The fourth-order valence-corrected chi connectivity index (χ4v) is 1.78. The van der Waals surface area contributed by atoms with Crippen LogP contribution in [0.25, 0.3) is 5.69 Å². The molecule has 2 aromatic rings. The van der Waals surface area contributed by atoms with Crippen LogP contribution in [-0.4, -0.2) is 27.7 Å². The van der Waals surface area contributed by atoms with E-state index in [1.807, 2.05) is 0 Å². The number of nitro groups is 1. The number of nitrogens with zero attached hydrogens (tertiary/aromatic N) is 2. The Balaban J connectivity index is 2.66. The van der Waals surface area contributed by atoms with Gasteiger partial charge in [-0.15, -0.1) is 0 Å². The van der Waals surface area contributed by atoms with Crippen LogP contribution in [0.2, 0.25) is 0 Å². The minimum absolute atomic E-state index is 0.0880. The van der Waals surface area contributed by atoms with E-state index in [-0.39, 0.29) is 22.7 Å². The van der Waals surface area contributed by atoms with E-state index in [1.165, 1.54) is 25.3 Å². The summed E-state index contributed by atoms with van der Waals surface area (Å²) >= 11 is 0. The Kier molecular flexibility index (Phi) is 3.70. The van der Waals surface area contributed by atoms with Crippen LogP contribution >= 0.6 is 0 Å². The highest BCUT2D eigenvalue weighted by Gasteiger charge is 2.14. The molecule has 0 radical (unpaired) electrons. The molecule has 0 fully saturated rings. The number of aromatic nitrogens is 1. The zero-order chi connectivity index (χ0) is 15.6. The second-order valence-corrected chi connectivity index (χ2v) is 4.04. The molecule has 1 N–H and O–H groups in total. The number of hydrogen-bond donors (Lipinski definition) is 1. The summed E-state index contributed by atoms with van der Waals surface area (Å²) in [6.07, 6.45) is 1.13. The van der Waals surface area contributed by atoms with Crippen molar-refractivity contribution in [3.05, 3.63) is 62.6 Å². The predicted octanol–water partition coefficient (Wildman–Crippen LogP) is 1.45. The Bertz CT molecular complexity index is 780. The average molecular weight is 290 g/mol. The maximum atomic E-state index is 11.9. The second-order valence-electron chi connectivity index (χ2n) is 4.04. The van der Waals surface area contributed by atoms with Crippen LogP contribution < -0.4 is 10.3 Å². The van der Waals surface area contributed by atoms with E-state index in [0.29, 0.717) is 0 Å². The summed E-state index contributed by atoms with van der Waals surface area (Å²) in [6, 6.07) is 5.97. The van der Waals surface area contributed by atoms with E-state index in [4.69, 9.17) is 9.84 Å². The van der Waals surface area contributed by atoms with Gasteiger partial charge in [0.15, 0.2) is 0 Å². The van der Waals surface area contributed by atoms with Gasteiger partial charge in [0.25, 0.3) is 11.2 Å². The topological polar surface area (TPSA) is 112 Å². The van der Waals surface area contributed by atoms with E-state index >= 15 is 0 Å². The highest BCUT2D eigenvalue weighted by Crippen LogP contribution is 2.27. The number of rotatable bonds is 4. The fraction of sp³-hybridized carbons (Fsp3) is 0.0769. The van der Waals surface area contributed by atoms with Crippen molar-refractivity contribution in [3.8, 4) is 11.4 Å². The molecule has 0 spiro atoms. The quantitative estimate of drug-likeness (QED) is 0.673. The minimum Gasteiger partial charge on any atom is -0.494 e. The second kappa shape index (κ2) is 5.45. The third-order valence-electron chi connectivity index (χ3n) is 2.79. The molecule has 0 amide bonds. The van der Waals surface area contributed by atoms with Crippen LogP contribution in [0, 0.1) is 10.1 Å². The molecule has 1 aromatic carbocycles. The summed E-state index contributed by atoms with van der Waals surface area (Å²) in [5.74, 6) is -1.10. The molecule has 0 aliphatic carbocycles. The Morgan fingerprint density at radius 1 is 1.33 bits per heavy atom. The van der Waals surface area contributed by atoms with E-state index in [1.54, 1.807) is 0 Å². The number of benzene rings is 1. The molecule has 8 heteroatoms. The lowest BCUT2D eigenvalue weighted by Gasteiger charge is -2.11. The van der Waals surface area contributed by atoms with Crippen molar-refractivity contribution in [2.75, 3.05) is 7.11 Å². The number of carboxylic acids is 1. The molecule has 0 saturated heterocycles. The fourth-order valence-electron chi connectivity index (χ4n) is 1.78. The molecule has 0 unspecified atom stereocenters. The van der Waals surface area contributed by atoms with E-state index in [2.05, 4.69) is 0 Å². The molecule has 2 rings (SSSR count). The SMILES string of the molecule is COc1cc([N+](=O)[O-])ccc1-n1cc(C(=O)O)ccc1=O. The van der Waals surface area contributed by atoms with Crippen LogP contribution in [0.3, 0.4) is 0 Å². The van der Waals surface area contributed by atoms with E-state index in [9.17, 15) is 19.7 Å². The first-order valence-electron chi connectivity index (χ1n) is 5.73. The van der Waals surface area contributed by atoms with Crippen molar-refractivity contribution >= 4 is 11.7 Å². The van der Waals surface area contributed by atoms with Gasteiger partial charge in [0.05, 0.1) is 29.4 Å². The van der Waals surface area contributed by atoms with Gasteiger partial charge in [-0.3, -0.25) is 19.5 Å². The maximum Gasteiger partial charge on any atom is 0.337 e. The number of non-ortho nitro benzene ring substituents is 1. The number of carbonyl (C=O) groups is 1. The molecule has 108 valence electrons. The van der Waals surface area contributed by atoms with Crippen molar-refractivity contribution in [2.24, 2.45) is 0 Å². The van der Waals surface area contributed by atoms with Gasteiger partial charge in [-0.05, 0) is 12.1 Å². The van der Waals surface area contributed by atoms with Crippen molar-refractivity contribution in [3.63, 3.8) is 0 Å². The molecular weight excluding hydrogens is 280 g/mol. The summed E-state index contributed by atoms with van der Waals surface area (Å²) < 4.78 is 6.10. The van der Waals surface area contributed by atoms with Gasteiger partial charge in [0.1, 0.15) is 5.75 Å². The van der Waals surface area contributed by atoms with Crippen molar-refractivity contribution < 1.29 is 19.6 Å². The van der Waals surface area contributed by atoms with Gasteiger partial charge >= 0.3 is 5.97 Å². The van der Waals surface area contributed by atoms with Gasteiger partial charge in [0.2, 0.25) is 0 Å². The molecule has 1 heterocycles. The molecule has 8 nitrogen and oxygen atoms in total. The first kappa shape index (κ1) is 14.3. The van der Waals surface area contributed by atoms with Crippen LogP contribution in [0.5, 0.6) is 5.75 Å². The number of carboxylic acid groups (broad SMARTS) is 1. The molecular formula is C13H10N2O6. The molecule has 0 aliphatic rings. The highest BCUT2D eigenvalue weighted by molar-refractivity contribution is 5.87. The zero-order valence-electron chi connectivity index (χ0n) is 10.8. The van der Waals surface area contributed by atoms with Crippen molar-refractivity contribution in [1.82, 2.24) is 4.57 Å². The van der Waals surface area contributed by atoms with Crippen LogP contribution in [0.4, 0.5) is 5.69 Å². The maximum absolute atomic E-state index is 11.9. The van der Waals surface area contributed by atoms with Gasteiger partial charge in [-0.2, -0.15) is 0 Å². The van der Waals surface area contributed by atoms with E-state index in [0.717, 1.165) is 22.9 Å². The van der Waals surface area contributed by atoms with Gasteiger partial charge in [-0.1, -0.05) is 0 Å². The number of pyridine rings is 1. The van der Waals surface area contributed by atoms with Crippen LogP contribution in [-0.2, 0) is 0 Å². The average Bonchev–Trinajstić information content (AvgIpc) is 2.46. The Labute approximate surface area is 118 Å². The minimum atomic E-state index is -1.19. The van der Waals surface area contributed by atoms with Gasteiger partial charge in [-0.25, -0.2) is 4.79 Å². The predicted molar refractivity (Wildman–Crippen MR) is 72.2 cm³/mol. The lowest BCUT2D eigenvalue weighted by molar-refractivity contribution is -0.384. The number of hydrogen-bond acceptors (Lipinski definition) is 5. The Hall–Kier alpha value is -3.16. The third-order valence-corrected chi connectivity index (χ3v) is 2.79. The number of aromatic carboxylic acids is 1. The Morgan fingerprint density at radius 3 is 2.62 bits per heavy atom. The number of methoxy groups -OCH3 is 1. The van der Waals surface area contributed by atoms with Crippen molar-refractivity contribution in [2.45, 2.75) is 0 Å². The largest absolute Gasteiger partial charge is 0.494 e. The first-order chi connectivity index (χ1) is 9.93. The summed E-state index contributed by atoms with van der Waals surface area (Å²) in [6.45, 7) is 0. The summed E-state index contributed by atoms with van der Waals surface area (Å²) in [5.41, 5.74) is -0.545. The molecule has 0 saturated carbocycles. The smallest absolute Gasteiger partial charge is 0.337 e. The lowest BCUT2D eigenvalue weighted by Crippen LogP contribution is -2.19. The summed E-state index contributed by atoms with van der Waals surface area (Å²) in [5, 5.41) is 19.7. The highest BCUT2D eigenvalue weighted by atomic mass is 16.6. The van der Waals surface area contributed by atoms with Crippen molar-refractivity contribution in [1.29, 1.82) is 0 Å². The number of ether oxygens (including phenoxy) is 1. The molecule has 21 heavy (non-hydrogen) atoms. The third kappa shape index (κ3) is 2.73. The van der Waals surface area contributed by atoms with Crippen LogP contribution in [0.1, 0.15) is 10.4 Å². The first-order valence-corrected chi connectivity index (χ1v) is 5.73. The summed E-state index contributed by atoms with van der Waals surface area (Å²) in [7, 11) is 1.30. The standard InChI is InChI=1S/C13H10N2O6/c1-21-11-6-9(15(19)20)3-4-10(11)14-7-8(13(17)18)2-5-12(14)16/h2-7H,1H3,(H,17,18). The molecule has 0 atom stereocenters. The molecule has 0 aliphatic heterocycles. The summed E-state index contributed by atoms with van der Waals surface area (Å²) in [4.78, 5) is 33.0. The molecule has 1 aromatic heterocycles. The normalized spacial score (nSPS) is 10.1. The van der Waals surface area contributed by atoms with Gasteiger partial charge in [0, 0.05) is 18.3 Å². The molecule has 0 bridgehead atoms. The van der Waals surface area contributed by atoms with E-state index < -0.39 is 16.5 Å².